The molecule has 1 aromatic heterocycles. The van der Waals surface area contributed by atoms with Gasteiger partial charge in [0, 0.05) is 17.8 Å². The lowest BCUT2D eigenvalue weighted by Crippen LogP contribution is -2.00. The number of hydrogen-bond acceptors (Lipinski definition) is 3. The zero-order chi connectivity index (χ0) is 12.3. The van der Waals surface area contributed by atoms with Gasteiger partial charge < -0.3 is 9.84 Å². The normalized spacial score (nSPS) is 12.2. The number of pyridine rings is 1. The van der Waals surface area contributed by atoms with Crippen molar-refractivity contribution in [1.29, 1.82) is 0 Å². The van der Waals surface area contributed by atoms with Crippen molar-refractivity contribution in [2.45, 2.75) is 6.10 Å². The molecule has 1 atom stereocenters. The maximum atomic E-state index is 12.7. The van der Waals surface area contributed by atoms with E-state index >= 15 is 0 Å². The maximum absolute atomic E-state index is 12.7. The van der Waals surface area contributed by atoms with Gasteiger partial charge in [-0.1, -0.05) is 12.1 Å². The fraction of sp³-hybridized carbons (Fsp3) is 0.154. The number of halogens is 1. The lowest BCUT2D eigenvalue weighted by molar-refractivity contribution is 0.219. The van der Waals surface area contributed by atoms with Gasteiger partial charge in [0.05, 0.1) is 7.11 Å². The van der Waals surface area contributed by atoms with E-state index in [4.69, 9.17) is 4.74 Å². The standard InChI is InChI=1S/C13H12FNO2/c1-17-12-7-4-10(8-15-12)13(16)9-2-5-11(14)6-3-9/h2-8,13,16H,1H3. The number of benzene rings is 1. The second-order valence-corrected chi connectivity index (χ2v) is 3.59. The first-order valence-corrected chi connectivity index (χ1v) is 5.14. The van der Waals surface area contributed by atoms with Crippen LogP contribution in [-0.2, 0) is 0 Å². The minimum absolute atomic E-state index is 0.325. The van der Waals surface area contributed by atoms with E-state index in [0.717, 1.165) is 0 Å². The van der Waals surface area contributed by atoms with Gasteiger partial charge in [-0.2, -0.15) is 0 Å². The van der Waals surface area contributed by atoms with Crippen LogP contribution in [0.1, 0.15) is 17.2 Å². The Balaban J connectivity index is 2.23. The van der Waals surface area contributed by atoms with E-state index in [9.17, 15) is 9.50 Å². The number of aromatic nitrogens is 1. The molecule has 2 rings (SSSR count). The van der Waals surface area contributed by atoms with E-state index in [0.29, 0.717) is 17.0 Å². The highest BCUT2D eigenvalue weighted by Crippen LogP contribution is 2.22. The summed E-state index contributed by atoms with van der Waals surface area (Å²) >= 11 is 0. The fourth-order valence-corrected chi connectivity index (χ4v) is 1.51. The van der Waals surface area contributed by atoms with E-state index in [1.807, 2.05) is 0 Å². The molecule has 1 N–H and O–H groups in total. The van der Waals surface area contributed by atoms with Crippen LogP contribution in [0.5, 0.6) is 5.88 Å². The smallest absolute Gasteiger partial charge is 0.212 e. The molecule has 0 fully saturated rings. The summed E-state index contributed by atoms with van der Waals surface area (Å²) < 4.78 is 17.7. The highest BCUT2D eigenvalue weighted by Gasteiger charge is 2.10. The van der Waals surface area contributed by atoms with Crippen molar-refractivity contribution >= 4 is 0 Å². The molecule has 0 spiro atoms. The predicted molar refractivity (Wildman–Crippen MR) is 61.3 cm³/mol. The highest BCUT2D eigenvalue weighted by atomic mass is 19.1. The van der Waals surface area contributed by atoms with Crippen LogP contribution < -0.4 is 4.74 Å². The minimum Gasteiger partial charge on any atom is -0.481 e. The first-order chi connectivity index (χ1) is 8.20. The molecule has 2 aromatic rings. The van der Waals surface area contributed by atoms with Crippen LogP contribution in [-0.4, -0.2) is 17.2 Å². The summed E-state index contributed by atoms with van der Waals surface area (Å²) in [7, 11) is 1.53. The van der Waals surface area contributed by atoms with Gasteiger partial charge in [-0.15, -0.1) is 0 Å². The van der Waals surface area contributed by atoms with Crippen molar-refractivity contribution in [2.24, 2.45) is 0 Å². The molecule has 0 aliphatic carbocycles. The summed E-state index contributed by atoms with van der Waals surface area (Å²) in [4.78, 5) is 4.01. The molecule has 4 heteroatoms. The van der Waals surface area contributed by atoms with E-state index in [1.54, 1.807) is 24.3 Å². The molecule has 88 valence electrons. The lowest BCUT2D eigenvalue weighted by Gasteiger charge is -2.11. The molecule has 1 aromatic carbocycles. The molecule has 0 amide bonds. The minimum atomic E-state index is -0.811. The Morgan fingerprint density at radius 2 is 1.76 bits per heavy atom. The van der Waals surface area contributed by atoms with Gasteiger partial charge in [0.15, 0.2) is 0 Å². The summed E-state index contributed by atoms with van der Waals surface area (Å²) in [5.74, 6) is 0.161. The third kappa shape index (κ3) is 2.60. The summed E-state index contributed by atoms with van der Waals surface area (Å²) in [5, 5.41) is 10.0. The Kier molecular flexibility index (Phi) is 3.35. The van der Waals surface area contributed by atoms with Gasteiger partial charge in [-0.25, -0.2) is 9.37 Å². The molecule has 0 radical (unpaired) electrons. The number of aliphatic hydroxyl groups is 1. The molecule has 0 aliphatic heterocycles. The van der Waals surface area contributed by atoms with Crippen LogP contribution in [0.25, 0.3) is 0 Å². The summed E-state index contributed by atoms with van der Waals surface area (Å²) in [5.41, 5.74) is 1.26. The zero-order valence-electron chi connectivity index (χ0n) is 9.30. The molecule has 0 bridgehead atoms. The van der Waals surface area contributed by atoms with E-state index in [1.165, 1.54) is 25.4 Å². The second-order valence-electron chi connectivity index (χ2n) is 3.59. The SMILES string of the molecule is COc1ccc(C(O)c2ccc(F)cc2)cn1. The Labute approximate surface area is 98.5 Å². The number of rotatable bonds is 3. The van der Waals surface area contributed by atoms with Gasteiger partial charge in [-0.3, -0.25) is 0 Å². The largest absolute Gasteiger partial charge is 0.481 e. The summed E-state index contributed by atoms with van der Waals surface area (Å²) in [6.07, 6.45) is 0.723. The molecule has 0 saturated heterocycles. The van der Waals surface area contributed by atoms with E-state index in [2.05, 4.69) is 4.98 Å². The van der Waals surface area contributed by atoms with Crippen molar-refractivity contribution in [1.82, 2.24) is 4.98 Å². The molecule has 0 aliphatic rings. The van der Waals surface area contributed by atoms with Gasteiger partial charge in [-0.05, 0) is 23.8 Å². The zero-order valence-corrected chi connectivity index (χ0v) is 9.30. The number of ether oxygens (including phenoxy) is 1. The van der Waals surface area contributed by atoms with Crippen molar-refractivity contribution in [3.8, 4) is 5.88 Å². The average Bonchev–Trinajstić information content (AvgIpc) is 2.39. The van der Waals surface area contributed by atoms with Gasteiger partial charge in [0.1, 0.15) is 11.9 Å². The third-order valence-electron chi connectivity index (χ3n) is 2.47. The molecular formula is C13H12FNO2. The van der Waals surface area contributed by atoms with Gasteiger partial charge in [0.25, 0.3) is 0 Å². The molecule has 17 heavy (non-hydrogen) atoms. The van der Waals surface area contributed by atoms with E-state index in [-0.39, 0.29) is 5.82 Å². The molecule has 1 heterocycles. The third-order valence-corrected chi connectivity index (χ3v) is 2.47. The molecule has 3 nitrogen and oxygen atoms in total. The number of aliphatic hydroxyl groups excluding tert-OH is 1. The highest BCUT2D eigenvalue weighted by molar-refractivity contribution is 5.29. The number of methoxy groups -OCH3 is 1. The Morgan fingerprint density at radius 3 is 2.29 bits per heavy atom. The number of hydrogen-bond donors (Lipinski definition) is 1. The Morgan fingerprint density at radius 1 is 1.12 bits per heavy atom. The lowest BCUT2D eigenvalue weighted by atomic mass is 10.0. The molecule has 0 saturated carbocycles. The van der Waals surface area contributed by atoms with Crippen LogP contribution >= 0.6 is 0 Å². The fourth-order valence-electron chi connectivity index (χ4n) is 1.51. The van der Waals surface area contributed by atoms with Crippen molar-refractivity contribution in [3.63, 3.8) is 0 Å². The van der Waals surface area contributed by atoms with Crippen molar-refractivity contribution in [3.05, 3.63) is 59.5 Å². The Bertz CT molecular complexity index is 482. The van der Waals surface area contributed by atoms with Crippen LogP contribution in [0.3, 0.4) is 0 Å². The first-order valence-electron chi connectivity index (χ1n) is 5.14. The van der Waals surface area contributed by atoms with Crippen LogP contribution in [0.2, 0.25) is 0 Å². The quantitative estimate of drug-likeness (QED) is 0.884. The predicted octanol–water partition coefficient (Wildman–Crippen LogP) is 2.31. The van der Waals surface area contributed by atoms with Crippen molar-refractivity contribution in [2.75, 3.05) is 7.11 Å². The summed E-state index contributed by atoms with van der Waals surface area (Å²) in [6, 6.07) is 9.11. The average molecular weight is 233 g/mol. The van der Waals surface area contributed by atoms with Crippen LogP contribution in [0, 0.1) is 5.82 Å². The van der Waals surface area contributed by atoms with Crippen LogP contribution in [0.4, 0.5) is 4.39 Å². The first kappa shape index (κ1) is 11.5. The molecular weight excluding hydrogens is 221 g/mol. The Hall–Kier alpha value is -1.94. The van der Waals surface area contributed by atoms with Crippen LogP contribution in [0.15, 0.2) is 42.6 Å². The van der Waals surface area contributed by atoms with Crippen molar-refractivity contribution < 1.29 is 14.2 Å². The monoisotopic (exact) mass is 233 g/mol. The maximum Gasteiger partial charge on any atom is 0.212 e. The summed E-state index contributed by atoms with van der Waals surface area (Å²) in [6.45, 7) is 0. The molecule has 1 unspecified atom stereocenters. The second kappa shape index (κ2) is 4.93. The van der Waals surface area contributed by atoms with E-state index < -0.39 is 6.10 Å². The van der Waals surface area contributed by atoms with Gasteiger partial charge in [0.2, 0.25) is 5.88 Å². The topological polar surface area (TPSA) is 42.4 Å². The van der Waals surface area contributed by atoms with Gasteiger partial charge >= 0.3 is 0 Å². The number of nitrogens with zero attached hydrogens (tertiary/aromatic N) is 1.